The highest BCUT2D eigenvalue weighted by molar-refractivity contribution is 6.30. The minimum absolute atomic E-state index is 0.193. The molecule has 0 heterocycles. The van der Waals surface area contributed by atoms with Crippen molar-refractivity contribution >= 4 is 11.6 Å². The Labute approximate surface area is 129 Å². The number of halogens is 3. The van der Waals surface area contributed by atoms with Crippen LogP contribution in [0.25, 0.3) is 0 Å². The maximum Gasteiger partial charge on any atom is 0.387 e. The van der Waals surface area contributed by atoms with Gasteiger partial charge in [0.1, 0.15) is 5.75 Å². The number of hydrogen-bond acceptors (Lipinski definition) is 2. The lowest BCUT2D eigenvalue weighted by molar-refractivity contribution is -0.0505. The fourth-order valence-corrected chi connectivity index (χ4v) is 3.30. The quantitative estimate of drug-likeness (QED) is 0.837. The van der Waals surface area contributed by atoms with E-state index in [0.717, 1.165) is 12.3 Å². The van der Waals surface area contributed by atoms with Crippen molar-refractivity contribution in [1.82, 2.24) is 5.32 Å². The molecular formula is C16H22ClF2NO. The second-order valence-electron chi connectivity index (χ2n) is 6.01. The highest BCUT2D eigenvalue weighted by Gasteiger charge is 2.25. The molecule has 1 aliphatic carbocycles. The van der Waals surface area contributed by atoms with Crippen LogP contribution in [0.5, 0.6) is 5.75 Å². The van der Waals surface area contributed by atoms with Crippen molar-refractivity contribution in [2.24, 2.45) is 11.8 Å². The Bertz CT molecular complexity index is 470. The van der Waals surface area contributed by atoms with E-state index >= 15 is 0 Å². The van der Waals surface area contributed by atoms with Crippen LogP contribution in [0.1, 0.15) is 38.7 Å². The lowest BCUT2D eigenvalue weighted by atomic mass is 9.80. The zero-order valence-corrected chi connectivity index (χ0v) is 13.2. The van der Waals surface area contributed by atoms with Crippen molar-refractivity contribution in [3.8, 4) is 5.75 Å². The van der Waals surface area contributed by atoms with Crippen LogP contribution in [0.3, 0.4) is 0 Å². The van der Waals surface area contributed by atoms with Crippen LogP contribution >= 0.6 is 11.6 Å². The molecule has 5 heteroatoms. The fraction of sp³-hybridized carbons (Fsp3) is 0.625. The highest BCUT2D eigenvalue weighted by Crippen LogP contribution is 2.30. The summed E-state index contributed by atoms with van der Waals surface area (Å²) in [5.74, 6) is 1.55. The van der Waals surface area contributed by atoms with Crippen LogP contribution < -0.4 is 10.1 Å². The molecule has 2 nitrogen and oxygen atoms in total. The topological polar surface area (TPSA) is 21.3 Å². The van der Waals surface area contributed by atoms with Crippen LogP contribution in [-0.2, 0) is 6.54 Å². The van der Waals surface area contributed by atoms with E-state index in [0.29, 0.717) is 29.1 Å². The molecule has 1 N–H and O–H groups in total. The van der Waals surface area contributed by atoms with Gasteiger partial charge in [-0.05, 0) is 49.3 Å². The summed E-state index contributed by atoms with van der Waals surface area (Å²) in [6.07, 6.45) is 3.53. The molecule has 2 rings (SSSR count). The first-order valence-electron chi connectivity index (χ1n) is 7.42. The molecular weight excluding hydrogens is 296 g/mol. The molecule has 1 fully saturated rings. The summed E-state index contributed by atoms with van der Waals surface area (Å²) in [6.45, 7) is 2.19. The smallest absolute Gasteiger partial charge is 0.387 e. The summed E-state index contributed by atoms with van der Waals surface area (Å²) >= 11 is 5.95. The van der Waals surface area contributed by atoms with E-state index < -0.39 is 6.61 Å². The summed E-state index contributed by atoms with van der Waals surface area (Å²) in [6, 6.07) is 5.16. The predicted molar refractivity (Wildman–Crippen MR) is 80.9 cm³/mol. The average Bonchev–Trinajstić information content (AvgIpc) is 2.40. The molecule has 118 valence electrons. The fourth-order valence-electron chi connectivity index (χ4n) is 3.11. The second-order valence-corrected chi connectivity index (χ2v) is 6.45. The first-order chi connectivity index (χ1) is 9.95. The van der Waals surface area contributed by atoms with Gasteiger partial charge in [0.25, 0.3) is 0 Å². The van der Waals surface area contributed by atoms with Crippen LogP contribution in [0, 0.1) is 11.8 Å². The normalized spacial score (nSPS) is 26.1. The maximum atomic E-state index is 12.4. The Hall–Kier alpha value is -0.870. The molecule has 0 bridgehead atoms. The zero-order chi connectivity index (χ0) is 15.4. The number of benzene rings is 1. The summed E-state index contributed by atoms with van der Waals surface area (Å²) in [5, 5.41) is 3.99. The molecule has 0 spiro atoms. The van der Waals surface area contributed by atoms with E-state index in [1.54, 1.807) is 12.1 Å². The van der Waals surface area contributed by atoms with Gasteiger partial charge in [0.15, 0.2) is 0 Å². The summed E-state index contributed by atoms with van der Waals surface area (Å²) in [7, 11) is 0. The summed E-state index contributed by atoms with van der Waals surface area (Å²) < 4.78 is 29.4. The molecule has 0 radical (unpaired) electrons. The zero-order valence-electron chi connectivity index (χ0n) is 12.4. The standard InChI is InChI=1S/C16H22ClF2NO/c1-10-3-5-14(11(2)7-10)20-9-12-8-13(17)4-6-15(12)21-16(18)19/h4,6,8,10-11,14,16,20H,3,5,7,9H2,1-2H3. The molecule has 1 saturated carbocycles. The number of nitrogens with one attached hydrogen (secondary N) is 1. The van der Waals surface area contributed by atoms with Crippen molar-refractivity contribution in [1.29, 1.82) is 0 Å². The van der Waals surface area contributed by atoms with Gasteiger partial charge < -0.3 is 10.1 Å². The van der Waals surface area contributed by atoms with Gasteiger partial charge in [-0.25, -0.2) is 0 Å². The molecule has 3 atom stereocenters. The minimum Gasteiger partial charge on any atom is -0.434 e. The molecule has 0 aliphatic heterocycles. The second kappa shape index (κ2) is 7.41. The third-order valence-electron chi connectivity index (χ3n) is 4.22. The van der Waals surface area contributed by atoms with E-state index in [9.17, 15) is 8.78 Å². The van der Waals surface area contributed by atoms with E-state index in [-0.39, 0.29) is 5.75 Å². The number of alkyl halides is 2. The Balaban J connectivity index is 2.00. The van der Waals surface area contributed by atoms with Gasteiger partial charge in [-0.2, -0.15) is 8.78 Å². The van der Waals surface area contributed by atoms with E-state index in [1.165, 1.54) is 18.9 Å². The molecule has 1 aromatic rings. The Morgan fingerprint density at radius 1 is 1.33 bits per heavy atom. The van der Waals surface area contributed by atoms with Crippen molar-refractivity contribution in [3.05, 3.63) is 28.8 Å². The van der Waals surface area contributed by atoms with E-state index in [2.05, 4.69) is 23.9 Å². The Kier molecular flexibility index (Phi) is 5.82. The Morgan fingerprint density at radius 2 is 2.10 bits per heavy atom. The van der Waals surface area contributed by atoms with Crippen LogP contribution in [0.15, 0.2) is 18.2 Å². The number of ether oxygens (including phenoxy) is 1. The van der Waals surface area contributed by atoms with Gasteiger partial charge in [-0.15, -0.1) is 0 Å². The third-order valence-corrected chi connectivity index (χ3v) is 4.46. The van der Waals surface area contributed by atoms with Gasteiger partial charge in [0, 0.05) is 23.2 Å². The number of rotatable bonds is 5. The van der Waals surface area contributed by atoms with Crippen molar-refractivity contribution in [3.63, 3.8) is 0 Å². The van der Waals surface area contributed by atoms with Gasteiger partial charge in [0.05, 0.1) is 0 Å². The van der Waals surface area contributed by atoms with Crippen molar-refractivity contribution in [2.45, 2.75) is 52.3 Å². The molecule has 21 heavy (non-hydrogen) atoms. The Morgan fingerprint density at radius 3 is 2.76 bits per heavy atom. The van der Waals surface area contributed by atoms with Crippen LogP contribution in [0.2, 0.25) is 5.02 Å². The minimum atomic E-state index is -2.82. The molecule has 0 aromatic heterocycles. The van der Waals surface area contributed by atoms with Crippen LogP contribution in [-0.4, -0.2) is 12.7 Å². The van der Waals surface area contributed by atoms with Gasteiger partial charge in [-0.1, -0.05) is 25.4 Å². The maximum absolute atomic E-state index is 12.4. The van der Waals surface area contributed by atoms with Crippen molar-refractivity contribution < 1.29 is 13.5 Å². The number of hydrogen-bond donors (Lipinski definition) is 1. The largest absolute Gasteiger partial charge is 0.434 e. The monoisotopic (exact) mass is 317 g/mol. The lowest BCUT2D eigenvalue weighted by Crippen LogP contribution is -2.38. The first kappa shape index (κ1) is 16.5. The molecule has 0 amide bonds. The SMILES string of the molecule is CC1CCC(NCc2cc(Cl)ccc2OC(F)F)C(C)C1. The summed E-state index contributed by atoms with van der Waals surface area (Å²) in [5.41, 5.74) is 0.675. The first-order valence-corrected chi connectivity index (χ1v) is 7.80. The molecule has 1 aromatic carbocycles. The molecule has 3 unspecified atom stereocenters. The highest BCUT2D eigenvalue weighted by atomic mass is 35.5. The lowest BCUT2D eigenvalue weighted by Gasteiger charge is -2.33. The van der Waals surface area contributed by atoms with Crippen molar-refractivity contribution in [2.75, 3.05) is 0 Å². The predicted octanol–water partition coefficient (Wildman–Crippen LogP) is 4.86. The van der Waals surface area contributed by atoms with E-state index in [4.69, 9.17) is 11.6 Å². The van der Waals surface area contributed by atoms with Crippen LogP contribution in [0.4, 0.5) is 8.78 Å². The third kappa shape index (κ3) is 4.82. The van der Waals surface area contributed by atoms with Gasteiger partial charge in [-0.3, -0.25) is 0 Å². The van der Waals surface area contributed by atoms with Gasteiger partial charge >= 0.3 is 6.61 Å². The van der Waals surface area contributed by atoms with E-state index in [1.807, 2.05) is 0 Å². The molecule has 0 saturated heterocycles. The summed E-state index contributed by atoms with van der Waals surface area (Å²) in [4.78, 5) is 0. The van der Waals surface area contributed by atoms with Gasteiger partial charge in [0.2, 0.25) is 0 Å². The molecule has 1 aliphatic rings. The average molecular weight is 318 g/mol.